The van der Waals surface area contributed by atoms with Crippen LogP contribution < -0.4 is 4.90 Å². The van der Waals surface area contributed by atoms with Gasteiger partial charge in [-0.15, -0.1) is 0 Å². The predicted molar refractivity (Wildman–Crippen MR) is 263 cm³/mol. The Morgan fingerprint density at radius 3 is 1.18 bits per heavy atom. The largest absolute Gasteiger partial charge is 0.310 e. The Hall–Kier alpha value is -7.74. The quantitative estimate of drug-likeness (QED) is 0.148. The topological polar surface area (TPSA) is 3.24 Å². The van der Waals surface area contributed by atoms with Crippen LogP contribution in [0.5, 0.6) is 0 Å². The summed E-state index contributed by atoms with van der Waals surface area (Å²) in [6.45, 7) is 4.76. The molecule has 0 fully saturated rings. The van der Waals surface area contributed by atoms with Crippen molar-refractivity contribution in [2.75, 3.05) is 4.90 Å². The molecule has 1 aliphatic rings. The van der Waals surface area contributed by atoms with E-state index in [1.54, 1.807) is 0 Å². The van der Waals surface area contributed by atoms with E-state index in [2.05, 4.69) is 255 Å². The zero-order valence-corrected chi connectivity index (χ0v) is 35.0. The molecule has 0 bridgehead atoms. The molecule has 10 aromatic rings. The standard InChI is InChI=1S/C61H45N/c1-61(2)59-40-53(52-24-23-44-17-9-10-18-47(44)39-52)29-35-57(59)58-36-34-56(41-60(58)61)62(54-30-25-45(26-31-54)50-21-11-19-48(37-50)42-13-5-3-6-14-42)55-32-27-46(28-33-55)51-22-12-20-49(38-51)43-15-7-4-8-16-43/h3-41H,1-2H3. The van der Waals surface area contributed by atoms with Gasteiger partial charge in [0.15, 0.2) is 0 Å². The van der Waals surface area contributed by atoms with Crippen molar-refractivity contribution in [3.63, 3.8) is 0 Å². The molecule has 0 amide bonds. The number of nitrogens with zero attached hydrogens (tertiary/aromatic N) is 1. The summed E-state index contributed by atoms with van der Waals surface area (Å²) in [5, 5.41) is 2.53. The Bertz CT molecular complexity index is 3110. The molecule has 0 heterocycles. The molecule has 294 valence electrons. The Labute approximate surface area is 364 Å². The van der Waals surface area contributed by atoms with Crippen LogP contribution in [0.4, 0.5) is 17.1 Å². The molecule has 0 spiro atoms. The number of hydrogen-bond acceptors (Lipinski definition) is 1. The van der Waals surface area contributed by atoms with E-state index in [1.807, 2.05) is 0 Å². The zero-order valence-electron chi connectivity index (χ0n) is 35.0. The lowest BCUT2D eigenvalue weighted by atomic mass is 9.81. The molecule has 1 heteroatoms. The van der Waals surface area contributed by atoms with Gasteiger partial charge >= 0.3 is 0 Å². The van der Waals surface area contributed by atoms with Crippen molar-refractivity contribution in [3.05, 3.63) is 248 Å². The van der Waals surface area contributed by atoms with Gasteiger partial charge in [-0.1, -0.05) is 190 Å². The van der Waals surface area contributed by atoms with Gasteiger partial charge in [0.2, 0.25) is 0 Å². The Kier molecular flexibility index (Phi) is 9.24. The predicted octanol–water partition coefficient (Wildman–Crippen LogP) is 17.0. The summed E-state index contributed by atoms with van der Waals surface area (Å²) < 4.78 is 0. The van der Waals surface area contributed by atoms with Crippen molar-refractivity contribution in [2.45, 2.75) is 19.3 Å². The molecular formula is C61H45N. The molecule has 0 radical (unpaired) electrons. The fourth-order valence-corrected chi connectivity index (χ4v) is 9.48. The van der Waals surface area contributed by atoms with Gasteiger partial charge in [0, 0.05) is 22.5 Å². The first-order chi connectivity index (χ1) is 30.5. The average molecular weight is 792 g/mol. The molecule has 0 saturated heterocycles. The normalized spacial score (nSPS) is 12.5. The van der Waals surface area contributed by atoms with Crippen molar-refractivity contribution < 1.29 is 0 Å². The number of anilines is 3. The van der Waals surface area contributed by atoms with Gasteiger partial charge in [0.05, 0.1) is 0 Å². The van der Waals surface area contributed by atoms with Crippen LogP contribution >= 0.6 is 0 Å². The van der Waals surface area contributed by atoms with Gasteiger partial charge < -0.3 is 4.90 Å². The fraction of sp³-hybridized carbons (Fsp3) is 0.0492. The Balaban J connectivity index is 0.973. The molecule has 0 N–H and O–H groups in total. The molecular weight excluding hydrogens is 747 g/mol. The van der Waals surface area contributed by atoms with Crippen molar-refractivity contribution in [1.82, 2.24) is 0 Å². The highest BCUT2D eigenvalue weighted by molar-refractivity contribution is 5.91. The first-order valence-electron chi connectivity index (χ1n) is 21.6. The van der Waals surface area contributed by atoms with E-state index in [9.17, 15) is 0 Å². The molecule has 0 aliphatic heterocycles. The highest BCUT2D eigenvalue weighted by Crippen LogP contribution is 2.52. The molecule has 0 aromatic heterocycles. The maximum Gasteiger partial charge on any atom is 0.0465 e. The van der Waals surface area contributed by atoms with Gasteiger partial charge in [-0.25, -0.2) is 0 Å². The van der Waals surface area contributed by atoms with E-state index >= 15 is 0 Å². The summed E-state index contributed by atoms with van der Waals surface area (Å²) in [4.78, 5) is 2.41. The number of benzene rings is 10. The SMILES string of the molecule is CC1(C)c2cc(-c3ccc4ccccc4c3)ccc2-c2ccc(N(c3ccc(-c4cccc(-c5ccccc5)c4)cc3)c3ccc(-c4cccc(-c5ccccc5)c4)cc3)cc21. The van der Waals surface area contributed by atoms with Crippen LogP contribution in [0.1, 0.15) is 25.0 Å². The minimum Gasteiger partial charge on any atom is -0.310 e. The molecule has 0 saturated carbocycles. The monoisotopic (exact) mass is 791 g/mol. The molecule has 11 rings (SSSR count). The Morgan fingerprint density at radius 1 is 0.258 bits per heavy atom. The van der Waals surface area contributed by atoms with E-state index < -0.39 is 0 Å². The summed E-state index contributed by atoms with van der Waals surface area (Å²) in [7, 11) is 0. The summed E-state index contributed by atoms with van der Waals surface area (Å²) in [6, 6.07) is 86.6. The first kappa shape index (κ1) is 37.3. The van der Waals surface area contributed by atoms with E-state index in [-0.39, 0.29) is 5.41 Å². The second kappa shape index (κ2) is 15.4. The van der Waals surface area contributed by atoms with Crippen LogP contribution in [0.15, 0.2) is 237 Å². The van der Waals surface area contributed by atoms with E-state index in [0.29, 0.717) is 0 Å². The van der Waals surface area contributed by atoms with E-state index in [1.165, 1.54) is 88.7 Å². The lowest BCUT2D eigenvalue weighted by Gasteiger charge is -2.28. The molecule has 0 unspecified atom stereocenters. The second-order valence-electron chi connectivity index (χ2n) is 17.0. The minimum absolute atomic E-state index is 0.194. The van der Waals surface area contributed by atoms with Crippen molar-refractivity contribution in [3.8, 4) is 66.8 Å². The smallest absolute Gasteiger partial charge is 0.0465 e. The van der Waals surface area contributed by atoms with Crippen LogP contribution in [-0.4, -0.2) is 0 Å². The first-order valence-corrected chi connectivity index (χ1v) is 21.6. The van der Waals surface area contributed by atoms with Crippen molar-refractivity contribution in [1.29, 1.82) is 0 Å². The minimum atomic E-state index is -0.194. The molecule has 62 heavy (non-hydrogen) atoms. The third-order valence-corrected chi connectivity index (χ3v) is 12.9. The number of fused-ring (bicyclic) bond motifs is 4. The Morgan fingerprint density at radius 2 is 0.629 bits per heavy atom. The van der Waals surface area contributed by atoms with E-state index in [0.717, 1.165) is 17.1 Å². The highest BCUT2D eigenvalue weighted by atomic mass is 15.1. The molecule has 10 aromatic carbocycles. The zero-order chi connectivity index (χ0) is 41.6. The van der Waals surface area contributed by atoms with Crippen molar-refractivity contribution in [2.24, 2.45) is 0 Å². The van der Waals surface area contributed by atoms with Crippen molar-refractivity contribution >= 4 is 27.8 Å². The summed E-state index contributed by atoms with van der Waals surface area (Å²) in [6.07, 6.45) is 0. The van der Waals surface area contributed by atoms with Gasteiger partial charge in [0.25, 0.3) is 0 Å². The van der Waals surface area contributed by atoms with Crippen LogP contribution in [0, 0.1) is 0 Å². The van der Waals surface area contributed by atoms with Gasteiger partial charge in [-0.2, -0.15) is 0 Å². The molecule has 0 atom stereocenters. The fourth-order valence-electron chi connectivity index (χ4n) is 9.48. The maximum atomic E-state index is 2.43. The van der Waals surface area contributed by atoms with Gasteiger partial charge in [-0.05, 0) is 149 Å². The van der Waals surface area contributed by atoms with Crippen LogP contribution in [0.3, 0.4) is 0 Å². The summed E-state index contributed by atoms with van der Waals surface area (Å²) in [5.41, 5.74) is 20.6. The lowest BCUT2D eigenvalue weighted by Crippen LogP contribution is -2.16. The van der Waals surface area contributed by atoms with E-state index in [4.69, 9.17) is 0 Å². The number of rotatable bonds is 8. The van der Waals surface area contributed by atoms with Crippen LogP contribution in [0.25, 0.3) is 77.5 Å². The maximum absolute atomic E-state index is 2.43. The number of hydrogen-bond donors (Lipinski definition) is 0. The summed E-state index contributed by atoms with van der Waals surface area (Å²) in [5.74, 6) is 0. The molecule has 1 aliphatic carbocycles. The van der Waals surface area contributed by atoms with Gasteiger partial charge in [0.1, 0.15) is 0 Å². The third kappa shape index (κ3) is 6.79. The molecule has 1 nitrogen and oxygen atoms in total. The average Bonchev–Trinajstić information content (AvgIpc) is 3.57. The second-order valence-corrected chi connectivity index (χ2v) is 17.0. The van der Waals surface area contributed by atoms with Crippen LogP contribution in [0.2, 0.25) is 0 Å². The van der Waals surface area contributed by atoms with Crippen LogP contribution in [-0.2, 0) is 5.41 Å². The van der Waals surface area contributed by atoms with Gasteiger partial charge in [-0.3, -0.25) is 0 Å². The third-order valence-electron chi connectivity index (χ3n) is 12.9. The lowest BCUT2D eigenvalue weighted by molar-refractivity contribution is 0.660. The highest BCUT2D eigenvalue weighted by Gasteiger charge is 2.36. The summed E-state index contributed by atoms with van der Waals surface area (Å²) >= 11 is 0.